The van der Waals surface area contributed by atoms with Gasteiger partial charge in [-0.05, 0) is 49.4 Å². The molecular formula is C31H34N2O6S. The van der Waals surface area contributed by atoms with Crippen molar-refractivity contribution >= 4 is 26.9 Å². The number of methoxy groups -OCH3 is 1. The largest absolute Gasteiger partial charge is 0.466 e. The first-order valence-electron chi connectivity index (χ1n) is 13.7. The van der Waals surface area contributed by atoms with Gasteiger partial charge in [0.25, 0.3) is 10.0 Å². The van der Waals surface area contributed by atoms with Crippen molar-refractivity contribution in [1.29, 1.82) is 0 Å². The van der Waals surface area contributed by atoms with Gasteiger partial charge in [0.15, 0.2) is 5.79 Å². The molecule has 210 valence electrons. The van der Waals surface area contributed by atoms with Crippen molar-refractivity contribution in [3.63, 3.8) is 0 Å². The van der Waals surface area contributed by atoms with Crippen molar-refractivity contribution in [2.24, 2.45) is 17.8 Å². The Kier molecular flexibility index (Phi) is 7.06. The van der Waals surface area contributed by atoms with Crippen LogP contribution in [0.25, 0.3) is 10.9 Å². The summed E-state index contributed by atoms with van der Waals surface area (Å²) in [6, 6.07) is 16.1. The first kappa shape index (κ1) is 26.8. The number of benzene rings is 2. The van der Waals surface area contributed by atoms with Gasteiger partial charge in [0, 0.05) is 42.7 Å². The molecule has 8 nitrogen and oxygen atoms in total. The number of carbonyl (C=O) groups excluding carboxylic acids is 1. The lowest BCUT2D eigenvalue weighted by molar-refractivity contribution is -0.175. The number of nitrogens with zero attached hydrogens (tertiary/aromatic N) is 2. The number of carbonyl (C=O) groups is 1. The van der Waals surface area contributed by atoms with E-state index in [1.54, 1.807) is 36.5 Å². The Balaban J connectivity index is 1.27. The van der Waals surface area contributed by atoms with Crippen LogP contribution in [0.3, 0.4) is 0 Å². The number of para-hydroxylation sites is 1. The fourth-order valence-electron chi connectivity index (χ4n) is 6.33. The van der Waals surface area contributed by atoms with Crippen LogP contribution in [0.15, 0.2) is 89.6 Å². The minimum atomic E-state index is -3.75. The fraction of sp³-hybridized carbons (Fsp3) is 0.387. The van der Waals surface area contributed by atoms with Gasteiger partial charge in [-0.1, -0.05) is 48.6 Å². The Bertz CT molecular complexity index is 1570. The second kappa shape index (κ2) is 10.5. The average molecular weight is 563 g/mol. The molecule has 1 aliphatic carbocycles. The lowest BCUT2D eigenvalue weighted by Gasteiger charge is -2.43. The molecule has 0 N–H and O–H groups in total. The normalized spacial score (nSPS) is 24.1. The highest BCUT2D eigenvalue weighted by atomic mass is 32.2. The van der Waals surface area contributed by atoms with Crippen LogP contribution in [0.5, 0.6) is 0 Å². The first-order chi connectivity index (χ1) is 19.3. The number of rotatable bonds is 7. The van der Waals surface area contributed by atoms with Gasteiger partial charge in [-0.2, -0.15) is 0 Å². The highest BCUT2D eigenvalue weighted by Gasteiger charge is 2.45. The number of ether oxygens (including phenoxy) is 3. The van der Waals surface area contributed by atoms with E-state index in [1.807, 2.05) is 37.4 Å². The lowest BCUT2D eigenvalue weighted by Crippen LogP contribution is -2.44. The molecule has 0 spiro atoms. The smallest absolute Gasteiger partial charge is 0.335 e. The zero-order valence-electron chi connectivity index (χ0n) is 22.7. The quantitative estimate of drug-likeness (QED) is 0.312. The van der Waals surface area contributed by atoms with E-state index in [0.717, 1.165) is 23.9 Å². The molecule has 0 radical (unpaired) electrons. The number of hydrogen-bond acceptors (Lipinski definition) is 7. The highest BCUT2D eigenvalue weighted by Crippen LogP contribution is 2.43. The zero-order chi connectivity index (χ0) is 27.9. The predicted molar refractivity (Wildman–Crippen MR) is 151 cm³/mol. The summed E-state index contributed by atoms with van der Waals surface area (Å²) in [5.41, 5.74) is 2.23. The first-order valence-corrected chi connectivity index (χ1v) is 15.1. The van der Waals surface area contributed by atoms with Crippen molar-refractivity contribution in [3.8, 4) is 0 Å². The molecule has 1 fully saturated rings. The summed E-state index contributed by atoms with van der Waals surface area (Å²) < 4.78 is 45.4. The Morgan fingerprint density at radius 1 is 1.05 bits per heavy atom. The van der Waals surface area contributed by atoms with Crippen LogP contribution in [0, 0.1) is 17.8 Å². The molecule has 0 saturated carbocycles. The van der Waals surface area contributed by atoms with E-state index in [9.17, 15) is 13.2 Å². The number of fused-ring (bicyclic) bond motifs is 2. The SMILES string of the molecule is COC(=O)C1=CN(CCc2cn(S(=O)(=O)c3ccccc3)c3ccccc23)C[C@H]2C[C@H](C3(C)OCCO3)C=C[C@@H]12. The maximum absolute atomic E-state index is 13.5. The van der Waals surface area contributed by atoms with Gasteiger partial charge in [-0.3, -0.25) is 0 Å². The Labute approximate surface area is 234 Å². The number of esters is 1. The minimum absolute atomic E-state index is 0.0251. The van der Waals surface area contributed by atoms with E-state index < -0.39 is 15.8 Å². The van der Waals surface area contributed by atoms with Gasteiger partial charge in [0.2, 0.25) is 0 Å². The fourth-order valence-corrected chi connectivity index (χ4v) is 7.74. The van der Waals surface area contributed by atoms with Gasteiger partial charge in [-0.25, -0.2) is 17.2 Å². The molecule has 0 bridgehead atoms. The van der Waals surface area contributed by atoms with Crippen LogP contribution in [0.2, 0.25) is 0 Å². The van der Waals surface area contributed by atoms with Crippen molar-refractivity contribution in [3.05, 3.63) is 90.3 Å². The van der Waals surface area contributed by atoms with E-state index in [4.69, 9.17) is 14.2 Å². The van der Waals surface area contributed by atoms with Gasteiger partial charge in [0.05, 0.1) is 36.3 Å². The predicted octanol–water partition coefficient (Wildman–Crippen LogP) is 4.36. The molecule has 40 heavy (non-hydrogen) atoms. The average Bonchev–Trinajstić information content (AvgIpc) is 3.60. The molecule has 6 rings (SSSR count). The molecule has 0 amide bonds. The van der Waals surface area contributed by atoms with Gasteiger partial charge in [0.1, 0.15) is 0 Å². The zero-order valence-corrected chi connectivity index (χ0v) is 23.5. The summed E-state index contributed by atoms with van der Waals surface area (Å²) in [6.45, 7) is 4.56. The number of hydrogen-bond donors (Lipinski definition) is 0. The van der Waals surface area contributed by atoms with Crippen LogP contribution < -0.4 is 0 Å². The molecular weight excluding hydrogens is 528 g/mol. The summed E-state index contributed by atoms with van der Waals surface area (Å²) in [7, 11) is -2.34. The summed E-state index contributed by atoms with van der Waals surface area (Å²) in [4.78, 5) is 15.2. The summed E-state index contributed by atoms with van der Waals surface area (Å²) in [5.74, 6) is -0.712. The van der Waals surface area contributed by atoms with E-state index >= 15 is 0 Å². The van der Waals surface area contributed by atoms with Crippen molar-refractivity contribution in [2.45, 2.75) is 30.4 Å². The maximum atomic E-state index is 13.5. The molecule has 3 heterocycles. The molecule has 2 aliphatic heterocycles. The summed E-state index contributed by atoms with van der Waals surface area (Å²) in [6.07, 6.45) is 9.33. The topological polar surface area (TPSA) is 87.1 Å². The van der Waals surface area contributed by atoms with Crippen molar-refractivity contribution in [2.75, 3.05) is 33.4 Å². The van der Waals surface area contributed by atoms with Crippen LogP contribution >= 0.6 is 0 Å². The molecule has 3 atom stereocenters. The Hall–Kier alpha value is -3.40. The Morgan fingerprint density at radius 2 is 1.77 bits per heavy atom. The molecule has 1 saturated heterocycles. The van der Waals surface area contributed by atoms with E-state index in [2.05, 4.69) is 17.1 Å². The maximum Gasteiger partial charge on any atom is 0.335 e. The lowest BCUT2D eigenvalue weighted by atomic mass is 9.72. The third kappa shape index (κ3) is 4.76. The van der Waals surface area contributed by atoms with Crippen LogP contribution in [0.4, 0.5) is 0 Å². The van der Waals surface area contributed by atoms with E-state index in [-0.39, 0.29) is 28.6 Å². The molecule has 3 aromatic rings. The van der Waals surface area contributed by atoms with Gasteiger partial charge < -0.3 is 19.1 Å². The molecule has 1 aromatic heterocycles. The summed E-state index contributed by atoms with van der Waals surface area (Å²) >= 11 is 0. The number of aromatic nitrogens is 1. The van der Waals surface area contributed by atoms with E-state index in [1.165, 1.54) is 11.1 Å². The molecule has 3 aliphatic rings. The third-order valence-electron chi connectivity index (χ3n) is 8.45. The van der Waals surface area contributed by atoms with Gasteiger partial charge in [-0.15, -0.1) is 0 Å². The molecule has 9 heteroatoms. The molecule has 0 unspecified atom stereocenters. The third-order valence-corrected chi connectivity index (χ3v) is 10.1. The molecule has 2 aromatic carbocycles. The second-order valence-electron chi connectivity index (χ2n) is 10.8. The van der Waals surface area contributed by atoms with Crippen molar-refractivity contribution in [1.82, 2.24) is 8.87 Å². The monoisotopic (exact) mass is 562 g/mol. The van der Waals surface area contributed by atoms with Crippen LogP contribution in [-0.2, 0) is 35.4 Å². The van der Waals surface area contributed by atoms with Crippen molar-refractivity contribution < 1.29 is 27.4 Å². The standard InChI is InChI=1S/C31H34N2O6S/c1-31(38-16-17-39-31)24-12-13-26-23(18-24)19-32(21-28(26)30(34)37-2)15-14-22-20-33(29-11-7-6-10-27(22)29)40(35,36)25-8-4-3-5-9-25/h3-13,20-21,23-24,26H,14-19H2,1-2H3/t23-,24-,26-/m1/s1. The van der Waals surface area contributed by atoms with Crippen LogP contribution in [-0.4, -0.2) is 62.5 Å². The Morgan fingerprint density at radius 3 is 2.52 bits per heavy atom. The summed E-state index contributed by atoms with van der Waals surface area (Å²) in [5, 5.41) is 0.901. The minimum Gasteiger partial charge on any atom is -0.466 e. The van der Waals surface area contributed by atoms with E-state index in [0.29, 0.717) is 37.3 Å². The highest BCUT2D eigenvalue weighted by molar-refractivity contribution is 7.90. The number of allylic oxidation sites excluding steroid dienone is 1. The second-order valence-corrected chi connectivity index (χ2v) is 12.6. The van der Waals surface area contributed by atoms with Gasteiger partial charge >= 0.3 is 5.97 Å². The van der Waals surface area contributed by atoms with Crippen LogP contribution in [0.1, 0.15) is 18.9 Å².